The summed E-state index contributed by atoms with van der Waals surface area (Å²) in [5.41, 5.74) is 4.21. The van der Waals surface area contributed by atoms with Gasteiger partial charge in [-0.3, -0.25) is 4.79 Å². The maximum absolute atomic E-state index is 12.9. The lowest BCUT2D eigenvalue weighted by Crippen LogP contribution is -2.06. The topological polar surface area (TPSA) is 26.3 Å². The second-order valence-corrected chi connectivity index (χ2v) is 7.04. The molecule has 1 aromatic carbocycles. The average molecular weight is 318 g/mol. The number of hydrogen-bond acceptors (Lipinski definition) is 2. The SMILES string of the molecule is CC.COP(C(=O)c1c(C)cc(C)cc1C)C1=CCCC=C1. The molecule has 0 fully saturated rings. The van der Waals surface area contributed by atoms with Crippen LogP contribution < -0.4 is 0 Å². The van der Waals surface area contributed by atoms with Crippen molar-refractivity contribution in [2.45, 2.75) is 47.5 Å². The molecule has 0 N–H and O–H groups in total. The number of benzene rings is 1. The molecule has 1 atom stereocenters. The standard InChI is InChI=1S/C17H21O2P.C2H6/c1-12-10-13(2)16(14(3)11-12)17(18)20(19-4)15-8-6-5-7-9-15;1-2/h6,8-11H,5,7H2,1-4H3;1-2H3. The lowest BCUT2D eigenvalue weighted by atomic mass is 10.0. The monoisotopic (exact) mass is 318 g/mol. The lowest BCUT2D eigenvalue weighted by molar-refractivity contribution is 0.107. The molecule has 0 radical (unpaired) electrons. The van der Waals surface area contributed by atoms with E-state index in [1.807, 2.05) is 33.8 Å². The number of hydrogen-bond donors (Lipinski definition) is 0. The third-order valence-corrected chi connectivity index (χ3v) is 5.23. The summed E-state index contributed by atoms with van der Waals surface area (Å²) in [5.74, 6) is 0. The van der Waals surface area contributed by atoms with E-state index in [0.717, 1.165) is 34.8 Å². The van der Waals surface area contributed by atoms with Gasteiger partial charge in [0, 0.05) is 18.0 Å². The van der Waals surface area contributed by atoms with Gasteiger partial charge in [-0.05, 0) is 44.7 Å². The molecule has 22 heavy (non-hydrogen) atoms. The molecule has 1 aliphatic rings. The molecular formula is C19H27O2P. The Morgan fingerprint density at radius 3 is 2.14 bits per heavy atom. The smallest absolute Gasteiger partial charge is 0.216 e. The minimum atomic E-state index is -1.22. The van der Waals surface area contributed by atoms with Crippen LogP contribution in [0.3, 0.4) is 0 Å². The summed E-state index contributed by atoms with van der Waals surface area (Å²) in [6, 6.07) is 4.13. The molecule has 0 bridgehead atoms. The van der Waals surface area contributed by atoms with Crippen molar-refractivity contribution in [2.75, 3.05) is 7.11 Å². The highest BCUT2D eigenvalue weighted by Gasteiger charge is 2.26. The minimum Gasteiger partial charge on any atom is -0.350 e. The summed E-state index contributed by atoms with van der Waals surface area (Å²) >= 11 is 0. The summed E-state index contributed by atoms with van der Waals surface area (Å²) in [5, 5.41) is 1.04. The number of allylic oxidation sites excluding steroid dienone is 4. The maximum atomic E-state index is 12.9. The first-order chi connectivity index (χ1) is 10.5. The average Bonchev–Trinajstić information content (AvgIpc) is 2.50. The van der Waals surface area contributed by atoms with Crippen LogP contribution in [0.15, 0.2) is 35.7 Å². The molecule has 120 valence electrons. The van der Waals surface area contributed by atoms with Crippen LogP contribution in [0.25, 0.3) is 0 Å². The van der Waals surface area contributed by atoms with Crippen LogP contribution >= 0.6 is 8.15 Å². The lowest BCUT2D eigenvalue weighted by Gasteiger charge is -2.19. The van der Waals surface area contributed by atoms with E-state index < -0.39 is 8.15 Å². The molecular weight excluding hydrogens is 291 g/mol. The predicted molar refractivity (Wildman–Crippen MR) is 96.7 cm³/mol. The largest absolute Gasteiger partial charge is 0.350 e. The van der Waals surface area contributed by atoms with Gasteiger partial charge in [-0.25, -0.2) is 0 Å². The summed E-state index contributed by atoms with van der Waals surface area (Å²) < 4.78 is 5.54. The van der Waals surface area contributed by atoms with E-state index in [-0.39, 0.29) is 5.52 Å². The Hall–Kier alpha value is -1.24. The van der Waals surface area contributed by atoms with E-state index in [0.29, 0.717) is 0 Å². The van der Waals surface area contributed by atoms with Crippen LogP contribution in [0.4, 0.5) is 0 Å². The molecule has 0 saturated heterocycles. The van der Waals surface area contributed by atoms with Gasteiger partial charge in [-0.15, -0.1) is 0 Å². The van der Waals surface area contributed by atoms with Gasteiger partial charge in [0.2, 0.25) is 5.52 Å². The Morgan fingerprint density at radius 2 is 1.68 bits per heavy atom. The fraction of sp³-hybridized carbons (Fsp3) is 0.421. The quantitative estimate of drug-likeness (QED) is 0.631. The minimum absolute atomic E-state index is 0.121. The number of aryl methyl sites for hydroxylation is 3. The molecule has 1 unspecified atom stereocenters. The van der Waals surface area contributed by atoms with Crippen LogP contribution in [-0.4, -0.2) is 12.6 Å². The molecule has 0 aliphatic heterocycles. The first kappa shape index (κ1) is 18.8. The van der Waals surface area contributed by atoms with Crippen molar-refractivity contribution in [3.05, 3.63) is 57.9 Å². The van der Waals surface area contributed by atoms with Gasteiger partial charge in [-0.1, -0.05) is 49.8 Å². The fourth-order valence-electron chi connectivity index (χ4n) is 2.67. The van der Waals surface area contributed by atoms with Crippen LogP contribution in [0.1, 0.15) is 53.7 Å². The van der Waals surface area contributed by atoms with Crippen molar-refractivity contribution in [1.29, 1.82) is 0 Å². The summed E-state index contributed by atoms with van der Waals surface area (Å²) in [7, 11) is 0.410. The van der Waals surface area contributed by atoms with Gasteiger partial charge in [0.25, 0.3) is 0 Å². The zero-order valence-corrected chi connectivity index (χ0v) is 15.5. The molecule has 3 heteroatoms. The molecule has 1 aromatic rings. The van der Waals surface area contributed by atoms with Crippen molar-refractivity contribution in [1.82, 2.24) is 0 Å². The summed E-state index contributed by atoms with van der Waals surface area (Å²) in [4.78, 5) is 12.9. The van der Waals surface area contributed by atoms with Crippen LogP contribution in [-0.2, 0) is 4.52 Å². The Bertz CT molecular complexity index is 562. The predicted octanol–water partition coefficient (Wildman–Crippen LogP) is 6.06. The molecule has 0 saturated carbocycles. The van der Waals surface area contributed by atoms with E-state index in [2.05, 4.69) is 31.2 Å². The Labute approximate surface area is 136 Å². The fourth-order valence-corrected chi connectivity index (χ4v) is 4.38. The highest BCUT2D eigenvalue weighted by molar-refractivity contribution is 7.75. The van der Waals surface area contributed by atoms with Crippen LogP contribution in [0.2, 0.25) is 0 Å². The highest BCUT2D eigenvalue weighted by atomic mass is 31.1. The molecule has 0 spiro atoms. The number of carbonyl (C=O) groups excluding carboxylic acids is 1. The third kappa shape index (κ3) is 4.38. The molecule has 0 aromatic heterocycles. The number of carbonyl (C=O) groups is 1. The van der Waals surface area contributed by atoms with E-state index in [9.17, 15) is 4.79 Å². The van der Waals surface area contributed by atoms with Gasteiger partial charge >= 0.3 is 0 Å². The van der Waals surface area contributed by atoms with Gasteiger partial charge in [0.1, 0.15) is 8.15 Å². The first-order valence-corrected chi connectivity index (χ1v) is 9.13. The van der Waals surface area contributed by atoms with Crippen LogP contribution in [0, 0.1) is 20.8 Å². The Morgan fingerprint density at radius 1 is 1.09 bits per heavy atom. The molecule has 2 nitrogen and oxygen atoms in total. The van der Waals surface area contributed by atoms with Crippen molar-refractivity contribution >= 4 is 13.7 Å². The Kier molecular flexibility index (Phi) is 7.72. The van der Waals surface area contributed by atoms with Crippen LogP contribution in [0.5, 0.6) is 0 Å². The van der Waals surface area contributed by atoms with Gasteiger partial charge < -0.3 is 4.52 Å². The van der Waals surface area contributed by atoms with E-state index >= 15 is 0 Å². The Balaban J connectivity index is 0.00000116. The molecule has 0 amide bonds. The normalized spacial score (nSPS) is 14.7. The van der Waals surface area contributed by atoms with E-state index in [1.54, 1.807) is 7.11 Å². The second kappa shape index (κ2) is 9.02. The van der Waals surface area contributed by atoms with Crippen molar-refractivity contribution in [2.24, 2.45) is 0 Å². The van der Waals surface area contributed by atoms with Gasteiger partial charge in [0.15, 0.2) is 0 Å². The summed E-state index contributed by atoms with van der Waals surface area (Å²) in [6.45, 7) is 10.1. The zero-order chi connectivity index (χ0) is 16.7. The number of rotatable bonds is 4. The first-order valence-electron chi connectivity index (χ1n) is 7.87. The zero-order valence-electron chi connectivity index (χ0n) is 14.6. The molecule has 0 heterocycles. The highest BCUT2D eigenvalue weighted by Crippen LogP contribution is 2.50. The third-order valence-electron chi connectivity index (χ3n) is 3.47. The van der Waals surface area contributed by atoms with Crippen molar-refractivity contribution in [3.63, 3.8) is 0 Å². The maximum Gasteiger partial charge on any atom is 0.216 e. The van der Waals surface area contributed by atoms with Gasteiger partial charge in [0.05, 0.1) is 0 Å². The van der Waals surface area contributed by atoms with Crippen molar-refractivity contribution in [3.8, 4) is 0 Å². The van der Waals surface area contributed by atoms with Gasteiger partial charge in [-0.2, -0.15) is 0 Å². The molecule has 2 rings (SSSR count). The molecule has 1 aliphatic carbocycles. The summed E-state index contributed by atoms with van der Waals surface area (Å²) in [6.07, 6.45) is 8.33. The van der Waals surface area contributed by atoms with E-state index in [4.69, 9.17) is 4.52 Å². The van der Waals surface area contributed by atoms with Crippen molar-refractivity contribution < 1.29 is 9.32 Å². The second-order valence-electron chi connectivity index (χ2n) is 5.16. The van der Waals surface area contributed by atoms with E-state index in [1.165, 1.54) is 5.56 Å².